The highest BCUT2D eigenvalue weighted by Crippen LogP contribution is 2.30. The Kier molecular flexibility index (Phi) is 205. The number of hydrogen-bond donors (Lipinski definition) is 5. The Morgan fingerprint density at radius 1 is 0.345 bits per heavy atom. The maximum absolute atomic E-state index is 11.2. The van der Waals surface area contributed by atoms with E-state index in [1.807, 2.05) is 6.92 Å². The van der Waals surface area contributed by atoms with E-state index in [9.17, 15) is 24.0 Å². The van der Waals surface area contributed by atoms with Gasteiger partial charge in [-0.05, 0) is 66.7 Å². The molecule has 0 aliphatic carbocycles. The summed E-state index contributed by atoms with van der Waals surface area (Å²) in [7, 11) is 0. The lowest BCUT2D eigenvalue weighted by Gasteiger charge is -2.26. The summed E-state index contributed by atoms with van der Waals surface area (Å²) in [6, 6.07) is 0. The van der Waals surface area contributed by atoms with E-state index < -0.39 is 31.0 Å². The van der Waals surface area contributed by atoms with Gasteiger partial charge in [0.05, 0.1) is 25.2 Å². The summed E-state index contributed by atoms with van der Waals surface area (Å²) in [5.41, 5.74) is -1.42. The Bertz CT molecular complexity index is 619. The molecular formula is C45H122O10. The number of carbonyl (C=O) groups excluding carboxylic acids is 5. The summed E-state index contributed by atoms with van der Waals surface area (Å²) in [4.78, 5) is 51.9. The van der Waals surface area contributed by atoms with Gasteiger partial charge >= 0.3 is 0 Å². The molecule has 0 heterocycles. The van der Waals surface area contributed by atoms with Crippen LogP contribution in [0, 0.1) is 16.2 Å². The van der Waals surface area contributed by atoms with Crippen molar-refractivity contribution in [3.05, 3.63) is 0 Å². The van der Waals surface area contributed by atoms with Crippen LogP contribution in [0.4, 0.5) is 0 Å². The third-order valence-corrected chi connectivity index (χ3v) is 7.29. The minimum absolute atomic E-state index is 0. The summed E-state index contributed by atoms with van der Waals surface area (Å²) < 4.78 is 0. The number of rotatable bonds is 13. The molecule has 0 saturated heterocycles. The molecule has 362 valence electrons. The van der Waals surface area contributed by atoms with Gasteiger partial charge in [0.2, 0.25) is 0 Å². The first-order valence-electron chi connectivity index (χ1n) is 13.4. The topological polar surface area (TPSA) is 186 Å². The van der Waals surface area contributed by atoms with E-state index in [2.05, 4.69) is 34.6 Å². The van der Waals surface area contributed by atoms with E-state index in [1.54, 1.807) is 13.8 Å². The van der Waals surface area contributed by atoms with Gasteiger partial charge < -0.3 is 25.5 Å². The summed E-state index contributed by atoms with van der Waals surface area (Å²) in [5.74, 6) is -0.123. The molecule has 0 aromatic carbocycles. The van der Waals surface area contributed by atoms with E-state index >= 15 is 0 Å². The molecule has 0 amide bonds. The minimum atomic E-state index is -1.35. The predicted octanol–water partition coefficient (Wildman–Crippen LogP) is 13.0. The largest absolute Gasteiger partial charge is 0.395 e. The number of aliphatic hydroxyl groups is 5. The highest BCUT2D eigenvalue weighted by molar-refractivity contribution is 5.83. The lowest BCUT2D eigenvalue weighted by atomic mass is 9.77. The van der Waals surface area contributed by atoms with Crippen molar-refractivity contribution in [3.63, 3.8) is 0 Å². The van der Waals surface area contributed by atoms with Crippen LogP contribution >= 0.6 is 0 Å². The normalized spacial score (nSPS) is 7.49. The first-order chi connectivity index (χ1) is 17.9. The Morgan fingerprint density at radius 2 is 0.509 bits per heavy atom. The standard InChI is InChI=1S/C9H18O.C8H16O.C6H12O4.2C3H6O2.16CH4/c1-5-9(6-2,7-3)8(4)10;1-5-8(4,6-2)7(3)9;1-5(10)6(2-7,3-8)4-9;2*1-3(5)2-4;;;;;;;;;;;;;;;;/h5-7H2,1-4H3;5-6H2,1-4H3;7-9H,2-4H2,1H3;2*4H,2H2,1H3;16*1H4. The zero-order valence-electron chi connectivity index (χ0n) is 26.3. The molecule has 0 saturated carbocycles. The first kappa shape index (κ1) is 140. The number of Topliss-reactive ketones (excluding diaryl/α,β-unsaturated/α-hetero) is 5. The van der Waals surface area contributed by atoms with Crippen LogP contribution in [-0.2, 0) is 24.0 Å². The third-order valence-electron chi connectivity index (χ3n) is 7.29. The van der Waals surface area contributed by atoms with Gasteiger partial charge in [0.15, 0.2) is 11.6 Å². The van der Waals surface area contributed by atoms with Crippen LogP contribution in [0.1, 0.15) is 227 Å². The quantitative estimate of drug-likeness (QED) is 0.120. The molecule has 0 radical (unpaired) electrons. The van der Waals surface area contributed by atoms with Crippen molar-refractivity contribution in [2.24, 2.45) is 16.2 Å². The number of carbonyl (C=O) groups is 5. The molecule has 5 N–H and O–H groups in total. The van der Waals surface area contributed by atoms with Crippen molar-refractivity contribution in [2.75, 3.05) is 33.0 Å². The second-order valence-corrected chi connectivity index (χ2v) is 9.75. The first-order valence-corrected chi connectivity index (χ1v) is 13.4. The molecular weight excluding hydrogens is 700 g/mol. The molecule has 0 spiro atoms. The van der Waals surface area contributed by atoms with Gasteiger partial charge in [0, 0.05) is 10.8 Å². The summed E-state index contributed by atoms with van der Waals surface area (Å²) in [6.45, 7) is 17.5. The second-order valence-electron chi connectivity index (χ2n) is 9.75. The fourth-order valence-electron chi connectivity index (χ4n) is 2.73. The summed E-state index contributed by atoms with van der Waals surface area (Å²) in [6.07, 6.45) is 4.86. The highest BCUT2D eigenvalue weighted by Gasteiger charge is 2.33. The van der Waals surface area contributed by atoms with Crippen LogP contribution in [0.15, 0.2) is 0 Å². The maximum Gasteiger partial charge on any atom is 0.155 e. The molecule has 0 aromatic heterocycles. The average Bonchev–Trinajstić information content (AvgIpc) is 2.91. The Morgan fingerprint density at radius 3 is 0.509 bits per heavy atom. The Labute approximate surface area is 354 Å². The lowest BCUT2D eigenvalue weighted by molar-refractivity contribution is -0.135. The second kappa shape index (κ2) is 80.6. The molecule has 0 aliphatic heterocycles. The van der Waals surface area contributed by atoms with Gasteiger partial charge in [-0.1, -0.05) is 160 Å². The van der Waals surface area contributed by atoms with Crippen LogP contribution in [-0.4, -0.2) is 87.5 Å². The third kappa shape index (κ3) is 67.3. The maximum atomic E-state index is 11.2. The highest BCUT2D eigenvalue weighted by atomic mass is 16.3. The van der Waals surface area contributed by atoms with E-state index in [1.165, 1.54) is 20.8 Å². The molecule has 0 fully saturated rings. The van der Waals surface area contributed by atoms with Gasteiger partial charge in [0.25, 0.3) is 0 Å². The van der Waals surface area contributed by atoms with Crippen molar-refractivity contribution >= 4 is 28.9 Å². The van der Waals surface area contributed by atoms with Gasteiger partial charge in [-0.2, -0.15) is 0 Å². The number of ketones is 5. The number of hydrogen-bond acceptors (Lipinski definition) is 10. The number of aliphatic hydroxyl groups excluding tert-OH is 5. The van der Waals surface area contributed by atoms with Crippen molar-refractivity contribution in [1.82, 2.24) is 0 Å². The molecule has 0 aliphatic rings. The minimum Gasteiger partial charge on any atom is -0.395 e. The summed E-state index contributed by atoms with van der Waals surface area (Å²) in [5, 5.41) is 41.4. The summed E-state index contributed by atoms with van der Waals surface area (Å²) >= 11 is 0. The van der Waals surface area contributed by atoms with Crippen LogP contribution in [0.5, 0.6) is 0 Å². The van der Waals surface area contributed by atoms with Crippen molar-refractivity contribution in [2.45, 2.75) is 227 Å². The van der Waals surface area contributed by atoms with Gasteiger partial charge in [-0.3, -0.25) is 24.0 Å². The van der Waals surface area contributed by atoms with Crippen molar-refractivity contribution < 1.29 is 49.5 Å². The Hall–Kier alpha value is -1.85. The molecule has 0 bridgehead atoms. The predicted molar refractivity (Wildman–Crippen MR) is 261 cm³/mol. The van der Waals surface area contributed by atoms with Crippen molar-refractivity contribution in [3.8, 4) is 0 Å². The fraction of sp³-hybridized carbons (Fsp3) is 0.889. The smallest absolute Gasteiger partial charge is 0.155 e. The fourth-order valence-corrected chi connectivity index (χ4v) is 2.73. The zero-order valence-corrected chi connectivity index (χ0v) is 26.3. The lowest BCUT2D eigenvalue weighted by Crippen LogP contribution is -2.40. The molecule has 0 rings (SSSR count). The van der Waals surface area contributed by atoms with E-state index in [0.29, 0.717) is 11.6 Å². The van der Waals surface area contributed by atoms with Crippen LogP contribution in [0.3, 0.4) is 0 Å². The molecule has 0 atom stereocenters. The van der Waals surface area contributed by atoms with E-state index in [4.69, 9.17) is 25.5 Å². The Balaban J connectivity index is -0.0000000131. The zero-order chi connectivity index (χ0) is 32.5. The molecule has 10 heteroatoms. The van der Waals surface area contributed by atoms with Gasteiger partial charge in [-0.15, -0.1) is 0 Å². The van der Waals surface area contributed by atoms with Gasteiger partial charge in [0.1, 0.15) is 30.6 Å². The van der Waals surface area contributed by atoms with Crippen LogP contribution < -0.4 is 0 Å². The van der Waals surface area contributed by atoms with Crippen molar-refractivity contribution in [1.29, 1.82) is 0 Å². The van der Waals surface area contributed by atoms with Crippen LogP contribution in [0.25, 0.3) is 0 Å². The van der Waals surface area contributed by atoms with E-state index in [-0.39, 0.29) is 154 Å². The SMILES string of the molecule is C.C.C.C.C.C.C.C.C.C.C.C.C.C.C.C.CC(=O)C(CO)(CO)CO.CC(=O)CO.CC(=O)CO.CCC(C)(CC)C(C)=O.CCC(CC)(CC)C(C)=O. The average molecular weight is 823 g/mol. The van der Waals surface area contributed by atoms with Crippen LogP contribution in [0.2, 0.25) is 0 Å². The van der Waals surface area contributed by atoms with E-state index in [0.717, 1.165) is 32.1 Å². The molecule has 0 unspecified atom stereocenters. The van der Waals surface area contributed by atoms with Gasteiger partial charge in [-0.25, -0.2) is 0 Å². The molecule has 10 nitrogen and oxygen atoms in total. The molecule has 55 heavy (non-hydrogen) atoms. The molecule has 0 aromatic rings. The monoisotopic (exact) mass is 823 g/mol.